The fourth-order valence-electron chi connectivity index (χ4n) is 5.80. The fraction of sp³-hybridized carbons (Fsp3) is 0.700. The summed E-state index contributed by atoms with van der Waals surface area (Å²) in [6.45, 7) is 33.9. The van der Waals surface area contributed by atoms with Gasteiger partial charge in [0.2, 0.25) is 0 Å². The predicted molar refractivity (Wildman–Crippen MR) is 216 cm³/mol. The molecule has 1 fully saturated rings. The molecule has 1 saturated heterocycles. The Morgan fingerprint density at radius 2 is 0.604 bits per heavy atom. The summed E-state index contributed by atoms with van der Waals surface area (Å²) in [4.78, 5) is 10.7. The van der Waals surface area contributed by atoms with Gasteiger partial charge in [-0.25, -0.2) is 0 Å². The van der Waals surface area contributed by atoms with Crippen LogP contribution in [0.3, 0.4) is 0 Å². The number of benzene rings is 2. The molecule has 0 aliphatic carbocycles. The molecule has 0 saturated carbocycles. The number of hydrogen-bond donors (Lipinski definition) is 0. The first-order valence-corrected chi connectivity index (χ1v) is 24.7. The molecule has 1 heterocycles. The first-order valence-electron chi connectivity index (χ1n) is 19.0. The molecular formula is C40H70K2N2O7Si2. The summed E-state index contributed by atoms with van der Waals surface area (Å²) in [7, 11) is -4.77. The van der Waals surface area contributed by atoms with Crippen molar-refractivity contribution in [1.82, 2.24) is 0 Å². The predicted octanol–water partition coefficient (Wildman–Crippen LogP) is 4.42. The second kappa shape index (κ2) is 29.6. The van der Waals surface area contributed by atoms with E-state index in [-0.39, 0.29) is 103 Å². The third-order valence-electron chi connectivity index (χ3n) is 8.18. The molecule has 0 atom stereocenters. The molecule has 9 nitrogen and oxygen atoms in total. The van der Waals surface area contributed by atoms with Crippen LogP contribution in [-0.4, -0.2) is 96.2 Å². The maximum Gasteiger partial charge on any atom is 1.00 e. The molecule has 2 aromatic rings. The SMILES string of the molecule is C1COCCOCCOCCOCCOCCO1.CC(C)c1cccc(C(C)C)c1[N-][Si](C)(C)O[Si](C)(C)[N-]c1c(C(C)C)cccc1C(C)C.[K+].[K+]. The molecule has 2 aromatic carbocycles. The minimum absolute atomic E-state index is 0. The molecule has 292 valence electrons. The molecule has 1 aliphatic heterocycles. The average Bonchev–Trinajstić information content (AvgIpc) is 3.04. The van der Waals surface area contributed by atoms with E-state index in [0.717, 1.165) is 11.4 Å². The minimum atomic E-state index is -2.38. The van der Waals surface area contributed by atoms with Crippen molar-refractivity contribution in [2.24, 2.45) is 0 Å². The Balaban J connectivity index is 0.00000115. The van der Waals surface area contributed by atoms with Crippen LogP contribution in [0.2, 0.25) is 26.2 Å². The van der Waals surface area contributed by atoms with Crippen molar-refractivity contribution in [2.75, 3.05) is 79.3 Å². The Kier molecular flexibility index (Phi) is 30.5. The van der Waals surface area contributed by atoms with Crippen LogP contribution in [0.1, 0.15) is 101 Å². The monoisotopic (exact) mass is 824 g/mol. The molecule has 0 radical (unpaired) electrons. The van der Waals surface area contributed by atoms with E-state index in [1.54, 1.807) is 0 Å². The molecule has 3 rings (SSSR count). The third kappa shape index (κ3) is 22.4. The molecule has 1 aliphatic rings. The van der Waals surface area contributed by atoms with E-state index in [2.05, 4.69) is 118 Å². The van der Waals surface area contributed by atoms with Crippen molar-refractivity contribution in [3.8, 4) is 0 Å². The first-order chi connectivity index (χ1) is 24.1. The van der Waals surface area contributed by atoms with Crippen molar-refractivity contribution in [1.29, 1.82) is 0 Å². The molecule has 53 heavy (non-hydrogen) atoms. The summed E-state index contributed by atoms with van der Waals surface area (Å²) in [5.41, 5.74) is 7.55. The van der Waals surface area contributed by atoms with Gasteiger partial charge in [0, 0.05) is 0 Å². The first kappa shape index (κ1) is 54.5. The Morgan fingerprint density at radius 1 is 0.415 bits per heavy atom. The van der Waals surface area contributed by atoms with E-state index >= 15 is 0 Å². The summed E-state index contributed by atoms with van der Waals surface area (Å²) in [6.07, 6.45) is 0. The quantitative estimate of drug-likeness (QED) is 0.328. The summed E-state index contributed by atoms with van der Waals surface area (Å²) >= 11 is 0. The number of nitrogens with zero attached hydrogens (tertiary/aromatic N) is 2. The van der Waals surface area contributed by atoms with Crippen LogP contribution < -0.4 is 103 Å². The topological polar surface area (TPSA) is 92.8 Å². The number of ether oxygens (including phenoxy) is 6. The van der Waals surface area contributed by atoms with E-state index in [1.807, 2.05) is 0 Å². The standard InChI is InChI=1S/C28H46N2OSi2.C12H24O6.2K/c1-19(2)23-15-13-16-24(20(3)4)27(23)29-32(9,10)31-33(11,12)30-28-25(21(5)6)17-14-18-26(28)22(7)8;1-2-14-5-6-16-9-10-18-12-11-17-8-7-15-4-3-13-1;;/h13-22H,1-12H3;1-12H2;;/q-2;;2*+1. The van der Waals surface area contributed by atoms with Gasteiger partial charge >= 0.3 is 103 Å². The van der Waals surface area contributed by atoms with Crippen molar-refractivity contribution in [3.63, 3.8) is 0 Å². The fourth-order valence-corrected chi connectivity index (χ4v) is 12.6. The Hall–Kier alpha value is 1.47. The van der Waals surface area contributed by atoms with Gasteiger partial charge in [-0.15, -0.1) is 11.4 Å². The van der Waals surface area contributed by atoms with Gasteiger partial charge in [-0.3, -0.25) is 0 Å². The van der Waals surface area contributed by atoms with E-state index in [1.165, 1.54) is 22.3 Å². The van der Waals surface area contributed by atoms with Crippen molar-refractivity contribution >= 4 is 28.3 Å². The van der Waals surface area contributed by atoms with Crippen LogP contribution in [0, 0.1) is 0 Å². The molecule has 0 spiro atoms. The van der Waals surface area contributed by atoms with Crippen molar-refractivity contribution < 1.29 is 135 Å². The van der Waals surface area contributed by atoms with Crippen LogP contribution in [-0.2, 0) is 32.5 Å². The zero-order chi connectivity index (χ0) is 37.9. The Labute approximate surface area is 411 Å². The van der Waals surface area contributed by atoms with Gasteiger partial charge in [-0.1, -0.05) is 140 Å². The summed E-state index contributed by atoms with van der Waals surface area (Å²) in [5, 5.41) is 0. The van der Waals surface area contributed by atoms with Crippen LogP contribution in [0.25, 0.3) is 9.96 Å². The maximum absolute atomic E-state index is 6.92. The van der Waals surface area contributed by atoms with Crippen LogP contribution in [0.4, 0.5) is 11.4 Å². The van der Waals surface area contributed by atoms with Gasteiger partial charge in [0.1, 0.15) is 0 Å². The van der Waals surface area contributed by atoms with Crippen molar-refractivity contribution in [3.05, 3.63) is 68.6 Å². The van der Waals surface area contributed by atoms with Crippen LogP contribution >= 0.6 is 0 Å². The van der Waals surface area contributed by atoms with Gasteiger partial charge in [0.15, 0.2) is 0 Å². The smallest absolute Gasteiger partial charge is 0.666 e. The third-order valence-corrected chi connectivity index (χ3v) is 13.7. The molecule has 0 unspecified atom stereocenters. The largest absolute Gasteiger partial charge is 1.00 e. The molecule has 0 amide bonds. The molecule has 0 bridgehead atoms. The second-order valence-electron chi connectivity index (χ2n) is 15.1. The van der Waals surface area contributed by atoms with Gasteiger partial charge < -0.3 is 42.5 Å². The van der Waals surface area contributed by atoms with Gasteiger partial charge in [-0.2, -0.15) is 0 Å². The summed E-state index contributed by atoms with van der Waals surface area (Å²) in [5.74, 6) is 1.70. The van der Waals surface area contributed by atoms with Crippen LogP contribution in [0.15, 0.2) is 36.4 Å². The van der Waals surface area contributed by atoms with E-state index in [4.69, 9.17) is 42.5 Å². The Morgan fingerprint density at radius 3 is 0.774 bits per heavy atom. The van der Waals surface area contributed by atoms with Crippen LogP contribution in [0.5, 0.6) is 0 Å². The average molecular weight is 825 g/mol. The van der Waals surface area contributed by atoms with Gasteiger partial charge in [-0.05, 0) is 23.7 Å². The molecular weight excluding hydrogens is 755 g/mol. The Bertz CT molecular complexity index is 1050. The molecule has 13 heteroatoms. The van der Waals surface area contributed by atoms with E-state index in [0.29, 0.717) is 103 Å². The summed E-state index contributed by atoms with van der Waals surface area (Å²) in [6, 6.07) is 13.2. The minimum Gasteiger partial charge on any atom is -0.666 e. The van der Waals surface area contributed by atoms with Gasteiger partial charge in [0.05, 0.1) is 96.2 Å². The normalized spacial score (nSPS) is 16.2. The summed E-state index contributed by atoms with van der Waals surface area (Å²) < 4.78 is 38.9. The van der Waals surface area contributed by atoms with Gasteiger partial charge in [0.25, 0.3) is 0 Å². The number of rotatable bonds is 10. The molecule has 0 aromatic heterocycles. The maximum atomic E-state index is 6.92. The zero-order valence-electron chi connectivity index (χ0n) is 36.0. The molecule has 0 N–H and O–H groups in total. The number of hydrogen-bond acceptors (Lipinski definition) is 7. The zero-order valence-corrected chi connectivity index (χ0v) is 44.3. The van der Waals surface area contributed by atoms with Crippen molar-refractivity contribution in [2.45, 2.75) is 105 Å². The van der Waals surface area contributed by atoms with E-state index < -0.39 is 17.0 Å². The second-order valence-corrected chi connectivity index (χ2v) is 22.1. The van der Waals surface area contributed by atoms with E-state index in [9.17, 15) is 0 Å².